The van der Waals surface area contributed by atoms with Gasteiger partial charge in [-0.15, -0.1) is 0 Å². The van der Waals surface area contributed by atoms with Crippen LogP contribution in [0, 0.1) is 0 Å². The van der Waals surface area contributed by atoms with Gasteiger partial charge in [-0.3, -0.25) is 38.6 Å². The summed E-state index contributed by atoms with van der Waals surface area (Å²) in [4.78, 5) is 68.0. The molecule has 1 N–H and O–H groups in total. The number of benzene rings is 2. The minimum atomic E-state index is -0.165. The Labute approximate surface area is 245 Å². The number of halogens is 1. The van der Waals surface area contributed by atoms with Crippen LogP contribution >= 0.6 is 15.9 Å². The van der Waals surface area contributed by atoms with E-state index in [1.807, 2.05) is 0 Å². The number of imide groups is 2. The third-order valence-electron chi connectivity index (χ3n) is 5.85. The average Bonchev–Trinajstić information content (AvgIpc) is 3.48. The highest BCUT2D eigenvalue weighted by atomic mass is 79.9. The van der Waals surface area contributed by atoms with Gasteiger partial charge < -0.3 is 19.3 Å². The fraction of sp³-hybridized carbons (Fsp3) is 0.357. The van der Waals surface area contributed by atoms with E-state index in [4.69, 9.17) is 19.3 Å². The average molecular weight is 635 g/mol. The molecule has 2 heterocycles. The zero-order valence-corrected chi connectivity index (χ0v) is 24.3. The summed E-state index contributed by atoms with van der Waals surface area (Å²) in [5.74, 6) is 0.858. The van der Waals surface area contributed by atoms with Crippen molar-refractivity contribution in [2.24, 2.45) is 0 Å². The SMILES string of the molecule is COc1cc(C=O)ccc1O.COc1cc(C=O)ccc1OCCN1C(=O)CCC1=O.O=C1CCC(=O)N1CCBr. The van der Waals surface area contributed by atoms with Crippen LogP contribution in [0.5, 0.6) is 23.0 Å². The molecule has 13 heteroatoms. The monoisotopic (exact) mass is 634 g/mol. The van der Waals surface area contributed by atoms with Crippen molar-refractivity contribution in [2.45, 2.75) is 25.7 Å². The number of rotatable bonds is 10. The molecule has 0 spiro atoms. The number of aldehydes is 2. The summed E-state index contributed by atoms with van der Waals surface area (Å²) in [5.41, 5.74) is 0.971. The van der Waals surface area contributed by atoms with Gasteiger partial charge in [-0.05, 0) is 36.4 Å². The molecule has 41 heavy (non-hydrogen) atoms. The van der Waals surface area contributed by atoms with Crippen LogP contribution in [0.4, 0.5) is 0 Å². The maximum absolute atomic E-state index is 11.4. The topological polar surface area (TPSA) is 157 Å². The number of hydrogen-bond donors (Lipinski definition) is 1. The molecule has 2 aliphatic heterocycles. The molecule has 0 aliphatic carbocycles. The van der Waals surface area contributed by atoms with Crippen molar-refractivity contribution in [3.8, 4) is 23.0 Å². The number of aromatic hydroxyl groups is 1. The molecule has 12 nitrogen and oxygen atoms in total. The number of carbonyl (C=O) groups excluding carboxylic acids is 6. The highest BCUT2D eigenvalue weighted by Crippen LogP contribution is 2.28. The van der Waals surface area contributed by atoms with E-state index in [-0.39, 0.29) is 55.4 Å². The predicted octanol–water partition coefficient (Wildman–Crippen LogP) is 2.78. The Hall–Kier alpha value is -4.26. The molecule has 4 amide bonds. The molecule has 0 saturated carbocycles. The van der Waals surface area contributed by atoms with Crippen molar-refractivity contribution in [3.63, 3.8) is 0 Å². The summed E-state index contributed by atoms with van der Waals surface area (Å²) in [6.07, 6.45) is 2.75. The van der Waals surface area contributed by atoms with Crippen molar-refractivity contribution >= 4 is 52.1 Å². The van der Waals surface area contributed by atoms with Crippen molar-refractivity contribution in [1.29, 1.82) is 0 Å². The molecule has 2 fully saturated rings. The Bertz CT molecular complexity index is 1230. The number of phenols is 1. The number of alkyl halides is 1. The van der Waals surface area contributed by atoms with Crippen LogP contribution in [-0.4, -0.2) is 90.4 Å². The quantitative estimate of drug-likeness (QED) is 0.234. The molecule has 220 valence electrons. The van der Waals surface area contributed by atoms with Crippen molar-refractivity contribution < 1.29 is 48.1 Å². The lowest BCUT2D eigenvalue weighted by Gasteiger charge is -2.15. The lowest BCUT2D eigenvalue weighted by Crippen LogP contribution is -2.33. The molecule has 0 radical (unpaired) electrons. The van der Waals surface area contributed by atoms with E-state index in [1.165, 1.54) is 42.2 Å². The van der Waals surface area contributed by atoms with Crippen LogP contribution in [0.1, 0.15) is 46.4 Å². The van der Waals surface area contributed by atoms with Gasteiger partial charge in [0.15, 0.2) is 23.0 Å². The molecule has 0 atom stereocenters. The normalized spacial score (nSPS) is 14.1. The minimum absolute atomic E-state index is 0.0375. The molecular formula is C28H31BrN2O10. The van der Waals surface area contributed by atoms with Crippen molar-refractivity contribution in [1.82, 2.24) is 9.80 Å². The fourth-order valence-corrected chi connectivity index (χ4v) is 4.07. The standard InChI is InChI=1S/C14H15NO5.C8H8O3.C6H8BrNO2/c1-19-12-8-10(9-16)2-3-11(12)20-7-6-15-13(17)4-5-14(15)18;1-11-8-4-6(5-9)2-3-7(8)10;7-3-4-8-5(9)1-2-6(8)10/h2-3,8-9H,4-7H2,1H3;2-5,10H,1H3;1-4H2. The van der Waals surface area contributed by atoms with E-state index in [0.29, 0.717) is 65.7 Å². The third-order valence-corrected chi connectivity index (χ3v) is 6.21. The number of phenolic OH excluding ortho intramolecular Hbond substituents is 1. The first-order valence-electron chi connectivity index (χ1n) is 12.5. The van der Waals surface area contributed by atoms with Crippen LogP contribution in [0.25, 0.3) is 0 Å². The first-order chi connectivity index (χ1) is 19.7. The molecule has 2 saturated heterocycles. The lowest BCUT2D eigenvalue weighted by atomic mass is 10.2. The molecule has 2 aromatic carbocycles. The summed E-state index contributed by atoms with van der Waals surface area (Å²) in [6, 6.07) is 9.21. The molecule has 4 rings (SSSR count). The summed E-state index contributed by atoms with van der Waals surface area (Å²) in [7, 11) is 2.91. The number of carbonyl (C=O) groups is 6. The second-order valence-corrected chi connectivity index (χ2v) is 9.29. The van der Waals surface area contributed by atoms with Gasteiger partial charge >= 0.3 is 0 Å². The Morgan fingerprint density at radius 2 is 1.20 bits per heavy atom. The van der Waals surface area contributed by atoms with E-state index in [9.17, 15) is 28.8 Å². The van der Waals surface area contributed by atoms with Crippen LogP contribution in [-0.2, 0) is 19.2 Å². The summed E-state index contributed by atoms with van der Waals surface area (Å²) in [6.45, 7) is 0.919. The van der Waals surface area contributed by atoms with Gasteiger partial charge in [0.25, 0.3) is 0 Å². The predicted molar refractivity (Wildman–Crippen MR) is 150 cm³/mol. The van der Waals surface area contributed by atoms with Gasteiger partial charge in [0.05, 0.1) is 20.8 Å². The zero-order chi connectivity index (χ0) is 30.4. The number of methoxy groups -OCH3 is 2. The molecular weight excluding hydrogens is 604 g/mol. The van der Waals surface area contributed by atoms with E-state index in [2.05, 4.69) is 15.9 Å². The Balaban J connectivity index is 0.000000236. The van der Waals surface area contributed by atoms with Gasteiger partial charge in [0.1, 0.15) is 19.2 Å². The van der Waals surface area contributed by atoms with Crippen molar-refractivity contribution in [3.05, 3.63) is 47.5 Å². The van der Waals surface area contributed by atoms with Crippen molar-refractivity contribution in [2.75, 3.05) is 39.2 Å². The second-order valence-electron chi connectivity index (χ2n) is 8.49. The Kier molecular flexibility index (Phi) is 13.5. The van der Waals surface area contributed by atoms with Crippen LogP contribution in [0.2, 0.25) is 0 Å². The lowest BCUT2D eigenvalue weighted by molar-refractivity contribution is -0.140. The zero-order valence-electron chi connectivity index (χ0n) is 22.7. The third kappa shape index (κ3) is 9.71. The van der Waals surface area contributed by atoms with Crippen LogP contribution in [0.15, 0.2) is 36.4 Å². The highest BCUT2D eigenvalue weighted by Gasteiger charge is 2.28. The Morgan fingerprint density at radius 3 is 1.66 bits per heavy atom. The number of ether oxygens (including phenoxy) is 3. The van der Waals surface area contributed by atoms with Crippen LogP contribution < -0.4 is 14.2 Å². The fourth-order valence-electron chi connectivity index (χ4n) is 3.72. The summed E-state index contributed by atoms with van der Waals surface area (Å²) in [5, 5.41) is 9.76. The van der Waals surface area contributed by atoms with Gasteiger partial charge in [-0.25, -0.2) is 0 Å². The Morgan fingerprint density at radius 1 is 0.732 bits per heavy atom. The number of nitrogens with zero attached hydrogens (tertiary/aromatic N) is 2. The van der Waals surface area contributed by atoms with E-state index < -0.39 is 0 Å². The first kappa shape index (κ1) is 32.9. The second kappa shape index (κ2) is 16.8. The maximum Gasteiger partial charge on any atom is 0.229 e. The molecule has 2 aromatic rings. The van der Waals surface area contributed by atoms with Gasteiger partial charge in [-0.1, -0.05) is 15.9 Å². The number of likely N-dealkylation sites (tertiary alicyclic amines) is 2. The van der Waals surface area contributed by atoms with Crippen LogP contribution in [0.3, 0.4) is 0 Å². The number of hydrogen-bond acceptors (Lipinski definition) is 10. The number of amides is 4. The van der Waals surface area contributed by atoms with E-state index in [1.54, 1.807) is 18.2 Å². The minimum Gasteiger partial charge on any atom is -0.504 e. The van der Waals surface area contributed by atoms with Gasteiger partial charge in [0.2, 0.25) is 23.6 Å². The van der Waals surface area contributed by atoms with Gasteiger partial charge in [0, 0.05) is 48.7 Å². The first-order valence-corrected chi connectivity index (χ1v) is 13.6. The summed E-state index contributed by atoms with van der Waals surface area (Å²) < 4.78 is 15.4. The summed E-state index contributed by atoms with van der Waals surface area (Å²) >= 11 is 3.17. The highest BCUT2D eigenvalue weighted by molar-refractivity contribution is 9.09. The molecule has 0 bridgehead atoms. The maximum atomic E-state index is 11.4. The largest absolute Gasteiger partial charge is 0.504 e. The van der Waals surface area contributed by atoms with Gasteiger partial charge in [-0.2, -0.15) is 0 Å². The molecule has 0 aromatic heterocycles. The molecule has 0 unspecified atom stereocenters. The smallest absolute Gasteiger partial charge is 0.229 e. The van der Waals surface area contributed by atoms with E-state index >= 15 is 0 Å². The van der Waals surface area contributed by atoms with E-state index in [0.717, 1.165) is 0 Å². The molecule has 2 aliphatic rings.